The van der Waals surface area contributed by atoms with E-state index in [0.717, 1.165) is 0 Å². The van der Waals surface area contributed by atoms with Crippen molar-refractivity contribution < 1.29 is 18.1 Å². The van der Waals surface area contributed by atoms with Crippen LogP contribution in [-0.2, 0) is 10.1 Å². The second-order valence-electron chi connectivity index (χ2n) is 2.46. The minimum atomic E-state index is -3.97. The Labute approximate surface area is 66.2 Å². The minimum absolute atomic E-state index is 0.350. The zero-order chi connectivity index (χ0) is 9.07. The molecule has 0 aliphatic heterocycles. The molecule has 0 radical (unpaired) electrons. The fourth-order valence-electron chi connectivity index (χ4n) is 0.407. The maximum Gasteiger partial charge on any atom is 0.278 e. The molecule has 0 fully saturated rings. The van der Waals surface area contributed by atoms with Gasteiger partial charge in [0.25, 0.3) is 10.1 Å². The summed E-state index contributed by atoms with van der Waals surface area (Å²) in [6, 6.07) is -0.350. The summed E-state index contributed by atoms with van der Waals surface area (Å²) >= 11 is 0. The molecule has 0 saturated carbocycles. The largest absolute Gasteiger partial charge is 0.392 e. The maximum absolute atomic E-state index is 10.2. The smallest absolute Gasteiger partial charge is 0.278 e. The van der Waals surface area contributed by atoms with Crippen LogP contribution in [-0.4, -0.2) is 36.1 Å². The molecule has 0 aromatic rings. The Bertz CT molecular complexity index is 199. The molecule has 0 aromatic carbocycles. The van der Waals surface area contributed by atoms with Crippen LogP contribution in [0.2, 0.25) is 0 Å². The van der Waals surface area contributed by atoms with Crippen molar-refractivity contribution in [2.24, 2.45) is 0 Å². The first kappa shape index (κ1) is 10.8. The van der Waals surface area contributed by atoms with Crippen LogP contribution in [0.3, 0.4) is 0 Å². The minimum Gasteiger partial charge on any atom is -0.392 e. The molecule has 0 aliphatic rings. The van der Waals surface area contributed by atoms with Gasteiger partial charge < -0.3 is 5.11 Å². The first-order valence-corrected chi connectivity index (χ1v) is 4.80. The van der Waals surface area contributed by atoms with Gasteiger partial charge in [0.15, 0.2) is 0 Å². The summed E-state index contributed by atoms with van der Waals surface area (Å²) in [6.45, 7) is 3.15. The van der Waals surface area contributed by atoms with E-state index in [1.807, 2.05) is 0 Å². The van der Waals surface area contributed by atoms with Crippen molar-refractivity contribution in [2.45, 2.75) is 26.0 Å². The molecular formula is C5H13NO4S. The third-order valence-electron chi connectivity index (χ3n) is 1.31. The van der Waals surface area contributed by atoms with Crippen LogP contribution < -0.4 is 5.32 Å². The second kappa shape index (κ2) is 4.01. The summed E-state index contributed by atoms with van der Waals surface area (Å²) in [5.74, 6) is -0.529. The van der Waals surface area contributed by atoms with Crippen LogP contribution in [0.25, 0.3) is 0 Å². The van der Waals surface area contributed by atoms with Crippen LogP contribution in [0.1, 0.15) is 13.8 Å². The molecule has 0 aromatic heterocycles. The van der Waals surface area contributed by atoms with Gasteiger partial charge in [-0.25, -0.2) is 0 Å². The predicted octanol–water partition coefficient (Wildman–Crippen LogP) is -0.809. The summed E-state index contributed by atoms with van der Waals surface area (Å²) in [5, 5.41) is 11.3. The molecule has 0 bridgehead atoms. The standard InChI is InChI=1S/C5H13NO4S/c1-4(5(2)7)6-3-11(8,9)10/h4-7H,3H2,1-2H3,(H,8,9,10). The zero-order valence-corrected chi connectivity index (χ0v) is 7.30. The summed E-state index contributed by atoms with van der Waals surface area (Å²) in [7, 11) is -3.97. The molecule has 0 aliphatic carbocycles. The van der Waals surface area contributed by atoms with Gasteiger partial charge in [0.05, 0.1) is 6.10 Å². The quantitative estimate of drug-likeness (QED) is 0.496. The molecule has 6 heteroatoms. The average Bonchev–Trinajstić information content (AvgIpc) is 1.80. The van der Waals surface area contributed by atoms with Crippen molar-refractivity contribution >= 4 is 10.1 Å². The fraction of sp³-hybridized carbons (Fsp3) is 1.00. The van der Waals surface area contributed by atoms with E-state index >= 15 is 0 Å². The number of rotatable bonds is 4. The molecular weight excluding hydrogens is 170 g/mol. The van der Waals surface area contributed by atoms with E-state index in [1.54, 1.807) is 6.92 Å². The van der Waals surface area contributed by atoms with Crippen LogP contribution in [0.15, 0.2) is 0 Å². The van der Waals surface area contributed by atoms with E-state index in [-0.39, 0.29) is 6.04 Å². The van der Waals surface area contributed by atoms with E-state index < -0.39 is 22.1 Å². The summed E-state index contributed by atoms with van der Waals surface area (Å²) in [4.78, 5) is 0. The molecule has 0 rings (SSSR count). The van der Waals surface area contributed by atoms with Crippen molar-refractivity contribution in [1.29, 1.82) is 0 Å². The Balaban J connectivity index is 3.72. The molecule has 0 amide bonds. The van der Waals surface area contributed by atoms with Crippen molar-refractivity contribution in [3.8, 4) is 0 Å². The van der Waals surface area contributed by atoms with Gasteiger partial charge in [-0.1, -0.05) is 0 Å². The predicted molar refractivity (Wildman–Crippen MR) is 40.7 cm³/mol. The second-order valence-corrected chi connectivity index (χ2v) is 3.91. The topological polar surface area (TPSA) is 86.6 Å². The first-order valence-electron chi connectivity index (χ1n) is 3.19. The van der Waals surface area contributed by atoms with E-state index in [2.05, 4.69) is 5.32 Å². The molecule has 0 heterocycles. The van der Waals surface area contributed by atoms with Gasteiger partial charge >= 0.3 is 0 Å². The SMILES string of the molecule is CC(O)C(C)NCS(=O)(=O)O. The van der Waals surface area contributed by atoms with Gasteiger partial charge in [0.1, 0.15) is 5.88 Å². The summed E-state index contributed by atoms with van der Waals surface area (Å²) < 4.78 is 28.6. The molecule has 5 nitrogen and oxygen atoms in total. The highest BCUT2D eigenvalue weighted by Crippen LogP contribution is 1.90. The van der Waals surface area contributed by atoms with Crippen LogP contribution in [0.4, 0.5) is 0 Å². The molecule has 3 N–H and O–H groups in total. The monoisotopic (exact) mass is 183 g/mol. The Morgan fingerprint density at radius 1 is 1.45 bits per heavy atom. The normalized spacial score (nSPS) is 17.8. The molecule has 68 valence electrons. The number of aliphatic hydroxyl groups is 1. The first-order chi connectivity index (χ1) is 4.83. The Morgan fingerprint density at radius 2 is 1.91 bits per heavy atom. The van der Waals surface area contributed by atoms with Crippen LogP contribution >= 0.6 is 0 Å². The third kappa shape index (κ3) is 6.24. The van der Waals surface area contributed by atoms with E-state index in [9.17, 15) is 8.42 Å². The molecule has 0 spiro atoms. The van der Waals surface area contributed by atoms with Gasteiger partial charge in [0, 0.05) is 6.04 Å². The van der Waals surface area contributed by atoms with Gasteiger partial charge in [0.2, 0.25) is 0 Å². The summed E-state index contributed by atoms with van der Waals surface area (Å²) in [5.41, 5.74) is 0. The molecule has 0 saturated heterocycles. The lowest BCUT2D eigenvalue weighted by molar-refractivity contribution is 0.155. The van der Waals surface area contributed by atoms with Gasteiger partial charge in [-0.2, -0.15) is 8.42 Å². The number of aliphatic hydroxyl groups excluding tert-OH is 1. The average molecular weight is 183 g/mol. The van der Waals surface area contributed by atoms with Gasteiger partial charge in [-0.3, -0.25) is 9.87 Å². The van der Waals surface area contributed by atoms with E-state index in [4.69, 9.17) is 9.66 Å². The lowest BCUT2D eigenvalue weighted by Gasteiger charge is -2.14. The highest BCUT2D eigenvalue weighted by atomic mass is 32.2. The lowest BCUT2D eigenvalue weighted by Crippen LogP contribution is -2.38. The van der Waals surface area contributed by atoms with Crippen molar-refractivity contribution in [3.05, 3.63) is 0 Å². The van der Waals surface area contributed by atoms with Gasteiger partial charge in [-0.15, -0.1) is 0 Å². The van der Waals surface area contributed by atoms with Crippen LogP contribution in [0.5, 0.6) is 0 Å². The van der Waals surface area contributed by atoms with E-state index in [1.165, 1.54) is 6.92 Å². The highest BCUT2D eigenvalue weighted by molar-refractivity contribution is 7.85. The third-order valence-corrected chi connectivity index (χ3v) is 1.84. The molecule has 2 atom stereocenters. The fourth-order valence-corrected chi connectivity index (χ4v) is 0.881. The summed E-state index contributed by atoms with van der Waals surface area (Å²) in [6.07, 6.45) is -0.642. The van der Waals surface area contributed by atoms with E-state index in [0.29, 0.717) is 0 Å². The lowest BCUT2D eigenvalue weighted by atomic mass is 10.2. The number of hydrogen-bond donors (Lipinski definition) is 3. The van der Waals surface area contributed by atoms with Crippen molar-refractivity contribution in [1.82, 2.24) is 5.32 Å². The Hall–Kier alpha value is -0.170. The van der Waals surface area contributed by atoms with Crippen LogP contribution in [0, 0.1) is 0 Å². The highest BCUT2D eigenvalue weighted by Gasteiger charge is 2.11. The Morgan fingerprint density at radius 3 is 2.18 bits per heavy atom. The molecule has 2 unspecified atom stereocenters. The number of hydrogen-bond acceptors (Lipinski definition) is 4. The maximum atomic E-state index is 10.2. The van der Waals surface area contributed by atoms with Crippen molar-refractivity contribution in [2.75, 3.05) is 5.88 Å². The Kier molecular flexibility index (Phi) is 3.95. The zero-order valence-electron chi connectivity index (χ0n) is 6.48. The molecule has 11 heavy (non-hydrogen) atoms. The van der Waals surface area contributed by atoms with Gasteiger partial charge in [-0.05, 0) is 13.8 Å². The van der Waals surface area contributed by atoms with Crippen molar-refractivity contribution in [3.63, 3.8) is 0 Å². The number of nitrogens with one attached hydrogen (secondary N) is 1.